The van der Waals surface area contributed by atoms with Gasteiger partial charge in [0.1, 0.15) is 16.5 Å². The molecular formula is C21H27N4OS+. The molecule has 1 aliphatic heterocycles. The van der Waals surface area contributed by atoms with Crippen LogP contribution in [-0.2, 0) is 6.67 Å². The van der Waals surface area contributed by atoms with Crippen molar-refractivity contribution in [1.29, 1.82) is 5.26 Å². The van der Waals surface area contributed by atoms with Gasteiger partial charge in [-0.05, 0) is 56.2 Å². The molecule has 6 heteroatoms. The predicted octanol–water partition coefficient (Wildman–Crippen LogP) is 2.39. The number of hydrogen-bond donors (Lipinski definition) is 1. The Morgan fingerprint density at radius 2 is 1.74 bits per heavy atom. The molecule has 0 unspecified atom stereocenters. The van der Waals surface area contributed by atoms with E-state index < -0.39 is 0 Å². The number of benzene rings is 1. The molecule has 1 N–H and O–H groups in total. The molecule has 1 saturated heterocycles. The van der Waals surface area contributed by atoms with Crippen molar-refractivity contribution < 1.29 is 9.64 Å². The molecule has 0 atom stereocenters. The molecule has 0 saturated carbocycles. The Hall–Kier alpha value is -2.36. The van der Waals surface area contributed by atoms with Crippen LogP contribution in [-0.4, -0.2) is 37.9 Å². The Morgan fingerprint density at radius 1 is 1.11 bits per heavy atom. The second kappa shape index (κ2) is 8.12. The summed E-state index contributed by atoms with van der Waals surface area (Å²) < 4.78 is 8.06. The van der Waals surface area contributed by atoms with E-state index in [-0.39, 0.29) is 0 Å². The number of quaternary nitrogens is 1. The zero-order chi connectivity index (χ0) is 19.6. The lowest BCUT2D eigenvalue weighted by atomic mass is 10.0. The van der Waals surface area contributed by atoms with Crippen LogP contribution in [0, 0.1) is 36.7 Å². The molecule has 142 valence electrons. The third-order valence-corrected chi connectivity index (χ3v) is 6.17. The Labute approximate surface area is 166 Å². The van der Waals surface area contributed by atoms with Gasteiger partial charge in [0, 0.05) is 11.4 Å². The van der Waals surface area contributed by atoms with E-state index in [1.165, 1.54) is 16.3 Å². The molecule has 5 nitrogen and oxygen atoms in total. The number of methoxy groups -OCH3 is 1. The van der Waals surface area contributed by atoms with Crippen molar-refractivity contribution in [3.8, 4) is 11.8 Å². The van der Waals surface area contributed by atoms with Crippen LogP contribution in [0.15, 0.2) is 24.3 Å². The maximum absolute atomic E-state index is 9.49. The molecule has 0 spiro atoms. The third-order valence-electron chi connectivity index (χ3n) is 5.75. The van der Waals surface area contributed by atoms with Crippen LogP contribution in [0.2, 0.25) is 0 Å². The van der Waals surface area contributed by atoms with Gasteiger partial charge in [0.05, 0.1) is 38.9 Å². The first-order valence-corrected chi connectivity index (χ1v) is 9.70. The molecule has 0 bridgehead atoms. The lowest BCUT2D eigenvalue weighted by molar-refractivity contribution is -0.923. The highest BCUT2D eigenvalue weighted by Crippen LogP contribution is 2.20. The number of ether oxygens (including phenoxy) is 1. The minimum absolute atomic E-state index is 0.643. The number of pyridine rings is 1. The maximum Gasteiger partial charge on any atom is 0.157 e. The normalized spacial score (nSPS) is 14.9. The van der Waals surface area contributed by atoms with Crippen molar-refractivity contribution in [2.24, 2.45) is 0 Å². The number of anilines is 1. The average Bonchev–Trinajstić information content (AvgIpc) is 2.71. The Morgan fingerprint density at radius 3 is 2.30 bits per heavy atom. The fourth-order valence-electron chi connectivity index (χ4n) is 3.69. The second-order valence-corrected chi connectivity index (χ2v) is 7.54. The van der Waals surface area contributed by atoms with Crippen molar-refractivity contribution in [1.82, 2.24) is 4.57 Å². The van der Waals surface area contributed by atoms with Gasteiger partial charge in [-0.1, -0.05) is 12.2 Å². The van der Waals surface area contributed by atoms with Crippen molar-refractivity contribution in [3.63, 3.8) is 0 Å². The molecule has 27 heavy (non-hydrogen) atoms. The summed E-state index contributed by atoms with van der Waals surface area (Å²) in [6, 6.07) is 10.5. The summed E-state index contributed by atoms with van der Waals surface area (Å²) >= 11 is 5.62. The van der Waals surface area contributed by atoms with E-state index in [9.17, 15) is 5.26 Å². The van der Waals surface area contributed by atoms with Crippen LogP contribution in [0.1, 0.15) is 22.4 Å². The van der Waals surface area contributed by atoms with Crippen molar-refractivity contribution in [3.05, 3.63) is 51.3 Å². The summed E-state index contributed by atoms with van der Waals surface area (Å²) in [7, 11) is 1.69. The van der Waals surface area contributed by atoms with Gasteiger partial charge in [-0.15, -0.1) is 0 Å². The summed E-state index contributed by atoms with van der Waals surface area (Å²) in [5.74, 6) is 0.885. The highest BCUT2D eigenvalue weighted by atomic mass is 32.1. The van der Waals surface area contributed by atoms with E-state index >= 15 is 0 Å². The van der Waals surface area contributed by atoms with Crippen LogP contribution in [0.25, 0.3) is 0 Å². The number of nitriles is 1. The number of rotatable bonds is 4. The minimum atomic E-state index is 0.643. The third kappa shape index (κ3) is 3.85. The first-order valence-electron chi connectivity index (χ1n) is 9.29. The van der Waals surface area contributed by atoms with Crippen LogP contribution >= 0.6 is 12.2 Å². The topological polar surface area (TPSA) is 45.6 Å². The molecule has 0 aliphatic carbocycles. The average molecular weight is 384 g/mol. The number of hydrogen-bond acceptors (Lipinski definition) is 4. The summed E-state index contributed by atoms with van der Waals surface area (Å²) in [6.45, 7) is 11.1. The number of aromatic nitrogens is 1. The number of nitrogens with one attached hydrogen (secondary N) is 1. The summed E-state index contributed by atoms with van der Waals surface area (Å²) in [5.41, 5.74) is 5.22. The molecule has 3 rings (SSSR count). The molecule has 1 aliphatic rings. The maximum atomic E-state index is 9.49. The predicted molar refractivity (Wildman–Crippen MR) is 110 cm³/mol. The summed E-state index contributed by atoms with van der Waals surface area (Å²) in [5, 5.41) is 9.49. The zero-order valence-corrected chi connectivity index (χ0v) is 17.3. The number of nitrogens with zero attached hydrogens (tertiary/aromatic N) is 3. The van der Waals surface area contributed by atoms with Gasteiger partial charge in [0.15, 0.2) is 6.67 Å². The number of piperazine rings is 1. The SMILES string of the molecule is COc1ccc(N2CC[NH+](Cn3c(C)c(C)c(C)c(C#N)c3=S)CC2)cc1. The van der Waals surface area contributed by atoms with E-state index in [2.05, 4.69) is 41.5 Å². The fourth-order valence-corrected chi connectivity index (χ4v) is 4.09. The quantitative estimate of drug-likeness (QED) is 0.824. The first kappa shape index (κ1) is 19.4. The monoisotopic (exact) mass is 383 g/mol. The summed E-state index contributed by atoms with van der Waals surface area (Å²) in [4.78, 5) is 3.90. The van der Waals surface area contributed by atoms with Crippen LogP contribution in [0.3, 0.4) is 0 Å². The van der Waals surface area contributed by atoms with Crippen molar-refractivity contribution in [2.45, 2.75) is 27.4 Å². The van der Waals surface area contributed by atoms with Gasteiger partial charge in [0.2, 0.25) is 0 Å². The standard InChI is InChI=1S/C21H26N4OS/c1-15-16(2)20(13-22)21(27)25(17(15)3)14-23-9-11-24(12-10-23)18-5-7-19(26-4)8-6-18/h5-8H,9-12,14H2,1-4H3/p+1. The first-order chi connectivity index (χ1) is 13.0. The Kier molecular flexibility index (Phi) is 5.83. The Bertz CT molecular complexity index is 919. The molecule has 1 fully saturated rings. The lowest BCUT2D eigenvalue weighted by Crippen LogP contribution is -3.14. The van der Waals surface area contributed by atoms with Crippen molar-refractivity contribution in [2.75, 3.05) is 38.2 Å². The second-order valence-electron chi connectivity index (χ2n) is 7.15. The van der Waals surface area contributed by atoms with E-state index in [4.69, 9.17) is 17.0 Å². The molecule has 2 heterocycles. The molecule has 0 amide bonds. The van der Waals surface area contributed by atoms with Crippen molar-refractivity contribution >= 4 is 17.9 Å². The minimum Gasteiger partial charge on any atom is -0.497 e. The van der Waals surface area contributed by atoms with Crippen LogP contribution in [0.4, 0.5) is 5.69 Å². The lowest BCUT2D eigenvalue weighted by Gasteiger charge is -2.34. The van der Waals surface area contributed by atoms with E-state index in [1.54, 1.807) is 7.11 Å². The Balaban J connectivity index is 1.72. The fraction of sp³-hybridized carbons (Fsp3) is 0.429. The molecule has 2 aromatic rings. The van der Waals surface area contributed by atoms with Gasteiger partial charge in [-0.3, -0.25) is 4.57 Å². The van der Waals surface area contributed by atoms with Gasteiger partial charge in [-0.25, -0.2) is 0 Å². The van der Waals surface area contributed by atoms with Crippen LogP contribution in [0.5, 0.6) is 5.75 Å². The van der Waals surface area contributed by atoms with Gasteiger partial charge in [0.25, 0.3) is 0 Å². The van der Waals surface area contributed by atoms with Gasteiger partial charge in [-0.2, -0.15) is 5.26 Å². The highest BCUT2D eigenvalue weighted by molar-refractivity contribution is 7.71. The summed E-state index contributed by atoms with van der Waals surface area (Å²) in [6.07, 6.45) is 0. The van der Waals surface area contributed by atoms with E-state index in [1.807, 2.05) is 19.1 Å². The highest BCUT2D eigenvalue weighted by Gasteiger charge is 2.22. The molecule has 1 aromatic heterocycles. The molecular weight excluding hydrogens is 356 g/mol. The largest absolute Gasteiger partial charge is 0.497 e. The zero-order valence-electron chi connectivity index (χ0n) is 16.5. The van der Waals surface area contributed by atoms with Gasteiger partial charge < -0.3 is 14.5 Å². The van der Waals surface area contributed by atoms with Gasteiger partial charge >= 0.3 is 0 Å². The smallest absolute Gasteiger partial charge is 0.157 e. The van der Waals surface area contributed by atoms with E-state index in [0.717, 1.165) is 49.7 Å². The molecule has 1 aromatic carbocycles. The van der Waals surface area contributed by atoms with Crippen LogP contribution < -0.4 is 14.5 Å². The molecule has 0 radical (unpaired) electrons. The van der Waals surface area contributed by atoms with E-state index in [0.29, 0.717) is 10.2 Å².